The van der Waals surface area contributed by atoms with E-state index in [4.69, 9.17) is 4.74 Å². The zero-order chi connectivity index (χ0) is 14.9. The van der Waals surface area contributed by atoms with Gasteiger partial charge in [0.25, 0.3) is 5.91 Å². The van der Waals surface area contributed by atoms with Crippen LogP contribution in [0.5, 0.6) is 5.75 Å². The van der Waals surface area contributed by atoms with Gasteiger partial charge < -0.3 is 4.74 Å². The molecule has 4 nitrogen and oxygen atoms in total. The first kappa shape index (κ1) is 15.0. The highest BCUT2D eigenvalue weighted by Gasteiger charge is 2.36. The summed E-state index contributed by atoms with van der Waals surface area (Å²) in [6, 6.07) is 5.18. The molecular weight excluding hydrogens is 322 g/mol. The lowest BCUT2D eigenvalue weighted by Gasteiger charge is -2.17. The Morgan fingerprint density at radius 1 is 1.45 bits per heavy atom. The van der Waals surface area contributed by atoms with Gasteiger partial charge in [0, 0.05) is 17.4 Å². The molecule has 0 aromatic heterocycles. The Morgan fingerprint density at radius 3 is 2.70 bits per heavy atom. The molecule has 0 bridgehead atoms. The minimum absolute atomic E-state index is 0.0941. The molecule has 1 fully saturated rings. The van der Waals surface area contributed by atoms with Crippen LogP contribution in [0, 0.1) is 11.8 Å². The van der Waals surface area contributed by atoms with E-state index in [0.29, 0.717) is 34.7 Å². The van der Waals surface area contributed by atoms with E-state index in [2.05, 4.69) is 29.8 Å². The quantitative estimate of drug-likeness (QED) is 0.795. The summed E-state index contributed by atoms with van der Waals surface area (Å²) in [6.45, 7) is 4.65. The smallest absolute Gasteiger partial charge is 0.261 e. The van der Waals surface area contributed by atoms with Gasteiger partial charge in [0.2, 0.25) is 5.91 Å². The number of imide groups is 1. The third-order valence-electron chi connectivity index (χ3n) is 3.75. The van der Waals surface area contributed by atoms with E-state index in [1.807, 2.05) is 0 Å². The predicted molar refractivity (Wildman–Crippen MR) is 79.7 cm³/mol. The lowest BCUT2D eigenvalue weighted by atomic mass is 9.95. The van der Waals surface area contributed by atoms with Gasteiger partial charge in [-0.1, -0.05) is 13.8 Å². The fraction of sp³-hybridized carbons (Fsp3) is 0.467. The molecular formula is C15H18BrNO3. The van der Waals surface area contributed by atoms with Gasteiger partial charge in [-0.2, -0.15) is 0 Å². The summed E-state index contributed by atoms with van der Waals surface area (Å²) < 4.78 is 5.80. The van der Waals surface area contributed by atoms with Gasteiger partial charge in [-0.15, -0.1) is 0 Å². The first-order valence-corrected chi connectivity index (χ1v) is 7.41. The maximum absolute atomic E-state index is 12.5. The molecule has 0 spiro atoms. The van der Waals surface area contributed by atoms with Gasteiger partial charge in [0.15, 0.2) is 0 Å². The van der Waals surface area contributed by atoms with Gasteiger partial charge in [-0.05, 0) is 46.0 Å². The standard InChI is InChI=1S/C15H18BrNO3/c1-9(2)10-6-14(18)17(8-10)15(19)12-7-11(20-3)4-5-13(12)16/h4-5,7,9-10H,6,8H2,1-3H3. The molecule has 1 atom stereocenters. The molecule has 1 aliphatic heterocycles. The number of halogens is 1. The molecule has 0 N–H and O–H groups in total. The highest BCUT2D eigenvalue weighted by Crippen LogP contribution is 2.29. The van der Waals surface area contributed by atoms with Crippen molar-refractivity contribution >= 4 is 27.7 Å². The Balaban J connectivity index is 2.26. The molecule has 1 aromatic carbocycles. The number of rotatable bonds is 3. The van der Waals surface area contributed by atoms with Crippen LogP contribution in [-0.2, 0) is 4.79 Å². The summed E-state index contributed by atoms with van der Waals surface area (Å²) in [5.74, 6) is 0.886. The van der Waals surface area contributed by atoms with Crippen molar-refractivity contribution in [3.8, 4) is 5.75 Å². The number of methoxy groups -OCH3 is 1. The lowest BCUT2D eigenvalue weighted by Crippen LogP contribution is -2.33. The van der Waals surface area contributed by atoms with E-state index in [1.54, 1.807) is 25.3 Å². The van der Waals surface area contributed by atoms with Crippen LogP contribution in [0.3, 0.4) is 0 Å². The SMILES string of the molecule is COc1ccc(Br)c(C(=O)N2CC(C(C)C)CC2=O)c1. The molecule has 1 saturated heterocycles. The summed E-state index contributed by atoms with van der Waals surface area (Å²) in [4.78, 5) is 25.9. The van der Waals surface area contributed by atoms with Gasteiger partial charge in [0.05, 0.1) is 12.7 Å². The van der Waals surface area contributed by atoms with Crippen LogP contribution in [0.4, 0.5) is 0 Å². The van der Waals surface area contributed by atoms with E-state index < -0.39 is 0 Å². The largest absolute Gasteiger partial charge is 0.497 e. The van der Waals surface area contributed by atoms with E-state index in [0.717, 1.165) is 0 Å². The van der Waals surface area contributed by atoms with Crippen molar-refractivity contribution in [3.05, 3.63) is 28.2 Å². The van der Waals surface area contributed by atoms with E-state index >= 15 is 0 Å². The van der Waals surface area contributed by atoms with Crippen LogP contribution in [0.25, 0.3) is 0 Å². The molecule has 2 amide bonds. The number of benzene rings is 1. The molecule has 1 aromatic rings. The van der Waals surface area contributed by atoms with E-state index in [1.165, 1.54) is 4.90 Å². The lowest BCUT2D eigenvalue weighted by molar-refractivity contribution is -0.125. The second-order valence-corrected chi connectivity index (χ2v) is 6.22. The molecule has 0 aliphatic carbocycles. The van der Waals surface area contributed by atoms with Crippen molar-refractivity contribution in [1.82, 2.24) is 4.90 Å². The predicted octanol–water partition coefficient (Wildman–Crippen LogP) is 3.10. The zero-order valence-electron chi connectivity index (χ0n) is 11.9. The summed E-state index contributed by atoms with van der Waals surface area (Å²) in [7, 11) is 1.55. The Morgan fingerprint density at radius 2 is 2.15 bits per heavy atom. The van der Waals surface area contributed by atoms with Crippen LogP contribution >= 0.6 is 15.9 Å². The van der Waals surface area contributed by atoms with Crippen LogP contribution < -0.4 is 4.74 Å². The number of amides is 2. The van der Waals surface area contributed by atoms with Crippen molar-refractivity contribution in [2.45, 2.75) is 20.3 Å². The summed E-state index contributed by atoms with van der Waals surface area (Å²) in [6.07, 6.45) is 0.449. The first-order valence-electron chi connectivity index (χ1n) is 6.62. The van der Waals surface area contributed by atoms with E-state index in [-0.39, 0.29) is 17.7 Å². The van der Waals surface area contributed by atoms with Crippen molar-refractivity contribution in [3.63, 3.8) is 0 Å². The number of ether oxygens (including phenoxy) is 1. The monoisotopic (exact) mass is 339 g/mol. The topological polar surface area (TPSA) is 46.6 Å². The van der Waals surface area contributed by atoms with E-state index in [9.17, 15) is 9.59 Å². The number of nitrogens with zero attached hydrogens (tertiary/aromatic N) is 1. The van der Waals surface area contributed by atoms with Crippen LogP contribution in [0.2, 0.25) is 0 Å². The molecule has 5 heteroatoms. The second-order valence-electron chi connectivity index (χ2n) is 5.36. The van der Waals surface area contributed by atoms with Crippen molar-refractivity contribution in [2.75, 3.05) is 13.7 Å². The molecule has 108 valence electrons. The van der Waals surface area contributed by atoms with Gasteiger partial charge >= 0.3 is 0 Å². The van der Waals surface area contributed by atoms with Crippen molar-refractivity contribution in [1.29, 1.82) is 0 Å². The molecule has 0 saturated carbocycles. The Kier molecular flexibility index (Phi) is 4.48. The number of likely N-dealkylation sites (tertiary alicyclic amines) is 1. The van der Waals surface area contributed by atoms with Crippen LogP contribution in [-0.4, -0.2) is 30.4 Å². The first-order chi connectivity index (χ1) is 9.43. The molecule has 2 rings (SSSR count). The maximum Gasteiger partial charge on any atom is 0.261 e. The number of hydrogen-bond acceptors (Lipinski definition) is 3. The number of carbonyl (C=O) groups excluding carboxylic acids is 2. The second kappa shape index (κ2) is 5.95. The normalized spacial score (nSPS) is 18.8. The van der Waals surface area contributed by atoms with Gasteiger partial charge in [-0.25, -0.2) is 0 Å². The average molecular weight is 340 g/mol. The minimum Gasteiger partial charge on any atom is -0.497 e. The Labute approximate surface area is 127 Å². The minimum atomic E-state index is -0.260. The number of hydrogen-bond donors (Lipinski definition) is 0. The molecule has 1 aliphatic rings. The fourth-order valence-corrected chi connectivity index (χ4v) is 2.73. The molecule has 1 unspecified atom stereocenters. The highest BCUT2D eigenvalue weighted by atomic mass is 79.9. The molecule has 1 heterocycles. The Bertz CT molecular complexity index is 542. The van der Waals surface area contributed by atoms with Crippen LogP contribution in [0.1, 0.15) is 30.6 Å². The van der Waals surface area contributed by atoms with Crippen molar-refractivity contribution < 1.29 is 14.3 Å². The fourth-order valence-electron chi connectivity index (χ4n) is 2.32. The van der Waals surface area contributed by atoms with Crippen LogP contribution in [0.15, 0.2) is 22.7 Å². The van der Waals surface area contributed by atoms with Gasteiger partial charge in [0.1, 0.15) is 5.75 Å². The summed E-state index contributed by atoms with van der Waals surface area (Å²) >= 11 is 3.36. The Hall–Kier alpha value is -1.36. The van der Waals surface area contributed by atoms with Gasteiger partial charge in [-0.3, -0.25) is 14.5 Å². The maximum atomic E-state index is 12.5. The highest BCUT2D eigenvalue weighted by molar-refractivity contribution is 9.10. The zero-order valence-corrected chi connectivity index (χ0v) is 13.4. The number of carbonyl (C=O) groups is 2. The van der Waals surface area contributed by atoms with Crippen molar-refractivity contribution in [2.24, 2.45) is 11.8 Å². The summed E-state index contributed by atoms with van der Waals surface area (Å²) in [5, 5.41) is 0. The average Bonchev–Trinajstić information content (AvgIpc) is 2.81. The summed E-state index contributed by atoms with van der Waals surface area (Å²) in [5.41, 5.74) is 0.460. The molecule has 0 radical (unpaired) electrons. The third-order valence-corrected chi connectivity index (χ3v) is 4.44. The molecule has 20 heavy (non-hydrogen) atoms. The third kappa shape index (κ3) is 2.87.